The fourth-order valence-electron chi connectivity index (χ4n) is 5.41. The van der Waals surface area contributed by atoms with E-state index in [0.29, 0.717) is 31.5 Å². The van der Waals surface area contributed by atoms with E-state index in [1.165, 1.54) is 19.3 Å². The highest BCUT2D eigenvalue weighted by molar-refractivity contribution is 7.47. The van der Waals surface area contributed by atoms with E-state index in [0.717, 1.165) is 77.0 Å². The van der Waals surface area contributed by atoms with Crippen molar-refractivity contribution in [3.05, 3.63) is 72.9 Å². The zero-order valence-corrected chi connectivity index (χ0v) is 35.5. The summed E-state index contributed by atoms with van der Waals surface area (Å²) in [6.45, 7) is 2.55. The Labute approximate surface area is 342 Å². The minimum atomic E-state index is -4.74. The first-order valence-electron chi connectivity index (χ1n) is 21.1. The smallest absolute Gasteiger partial charge is 0.472 e. The Morgan fingerprint density at radius 3 is 1.81 bits per heavy atom. The quantitative estimate of drug-likeness (QED) is 0.0177. The van der Waals surface area contributed by atoms with Gasteiger partial charge in [0.2, 0.25) is 0 Å². The first kappa shape index (κ1) is 51.9. The number of epoxide rings is 1. The predicted octanol–water partition coefficient (Wildman–Crippen LogP) is 9.93. The normalized spacial score (nSPS) is 18.0. The molecule has 1 rings (SSSR count). The summed E-state index contributed by atoms with van der Waals surface area (Å²) in [5.41, 5.74) is 5.32. The third kappa shape index (κ3) is 32.5. The third-order valence-electron chi connectivity index (χ3n) is 8.84. The molecule has 0 saturated carbocycles. The lowest BCUT2D eigenvalue weighted by atomic mass is 10.1. The number of ether oxygens (including phenoxy) is 3. The maximum atomic E-state index is 12.6. The van der Waals surface area contributed by atoms with E-state index in [9.17, 15) is 23.8 Å². The molecule has 0 bridgehead atoms. The molecule has 12 nitrogen and oxygen atoms in total. The molecule has 0 radical (unpaired) electrons. The number of esters is 2. The monoisotopic (exact) mass is 821 g/mol. The van der Waals surface area contributed by atoms with E-state index >= 15 is 0 Å². The summed E-state index contributed by atoms with van der Waals surface area (Å²) in [6.07, 6.45) is 42.9. The molecule has 1 aliphatic heterocycles. The SMILES string of the molecule is CC/C=C\C/C=C\C/C=C\CCCCCCCC(=O)O[C@H](COC(=O)CCC/C=C\C/C=C\CC1OC1C/C=C\CCCCC)COP(=O)(O)OC[C@H](N)C(=O)O. The summed E-state index contributed by atoms with van der Waals surface area (Å²) in [5.74, 6) is -2.49. The van der Waals surface area contributed by atoms with Gasteiger partial charge in [0.05, 0.1) is 25.4 Å². The van der Waals surface area contributed by atoms with Crippen LogP contribution >= 0.6 is 7.82 Å². The molecule has 1 fully saturated rings. The third-order valence-corrected chi connectivity index (χ3v) is 9.79. The molecule has 0 aliphatic carbocycles. The molecule has 13 heteroatoms. The van der Waals surface area contributed by atoms with Crippen LogP contribution in [0.5, 0.6) is 0 Å². The fourth-order valence-corrected chi connectivity index (χ4v) is 6.18. The molecule has 4 N–H and O–H groups in total. The number of carboxylic acids is 1. The van der Waals surface area contributed by atoms with E-state index in [-0.39, 0.29) is 19.4 Å². The van der Waals surface area contributed by atoms with Crippen molar-refractivity contribution in [1.82, 2.24) is 0 Å². The lowest BCUT2D eigenvalue weighted by molar-refractivity contribution is -0.161. The molecule has 5 atom stereocenters. The van der Waals surface area contributed by atoms with Gasteiger partial charge in [-0.05, 0) is 83.5 Å². The van der Waals surface area contributed by atoms with Crippen molar-refractivity contribution in [3.63, 3.8) is 0 Å². The van der Waals surface area contributed by atoms with Gasteiger partial charge in [-0.1, -0.05) is 119 Å². The second kappa shape index (κ2) is 34.9. The van der Waals surface area contributed by atoms with Crippen molar-refractivity contribution >= 4 is 25.7 Å². The van der Waals surface area contributed by atoms with Gasteiger partial charge in [0.1, 0.15) is 12.6 Å². The number of hydrogen-bond donors (Lipinski definition) is 3. The Bertz CT molecular complexity index is 1310. The number of nitrogens with two attached hydrogens (primary N) is 1. The minimum Gasteiger partial charge on any atom is -0.480 e. The fraction of sp³-hybridized carbons (Fsp3) is 0.659. The number of unbranched alkanes of at least 4 members (excludes halogenated alkanes) is 9. The molecule has 3 unspecified atom stereocenters. The van der Waals surface area contributed by atoms with E-state index in [4.69, 9.17) is 29.6 Å². The number of aliphatic carboxylic acids is 1. The van der Waals surface area contributed by atoms with Gasteiger partial charge in [-0.25, -0.2) is 4.57 Å². The summed E-state index contributed by atoms with van der Waals surface area (Å²) in [4.78, 5) is 45.9. The average Bonchev–Trinajstić information content (AvgIpc) is 3.94. The number of allylic oxidation sites excluding steroid dienone is 10. The lowest BCUT2D eigenvalue weighted by Gasteiger charge is -2.20. The van der Waals surface area contributed by atoms with E-state index < -0.39 is 51.1 Å². The molecule has 324 valence electrons. The number of carboxylic acid groups (broad SMARTS) is 1. The highest BCUT2D eigenvalue weighted by Gasteiger charge is 2.36. The van der Waals surface area contributed by atoms with Crippen LogP contribution in [0.2, 0.25) is 0 Å². The lowest BCUT2D eigenvalue weighted by Crippen LogP contribution is -2.34. The molecule has 0 aromatic heterocycles. The summed E-state index contributed by atoms with van der Waals surface area (Å²) >= 11 is 0. The Hall–Kier alpha value is -3.12. The van der Waals surface area contributed by atoms with Crippen LogP contribution in [-0.2, 0) is 42.2 Å². The number of hydrogen-bond acceptors (Lipinski definition) is 10. The molecule has 0 spiro atoms. The Morgan fingerprint density at radius 1 is 0.649 bits per heavy atom. The van der Waals surface area contributed by atoms with Crippen LogP contribution in [0.1, 0.15) is 142 Å². The standard InChI is InChI=1S/C44H72NO11P/c1-3-5-7-9-11-12-13-14-15-16-17-18-21-26-30-34-43(47)55-38(36-53-57(50,51)54-37-39(45)44(48)49)35-52-42(46)33-29-25-22-19-20-24-28-32-41-40(56-41)31-27-23-10-8-6-4-2/h5,7,11-12,14-15,19,22-24,27-28,38-41H,3-4,6,8-10,13,16-18,20-21,25-26,29-37,45H2,1-2H3,(H,48,49)(H,50,51)/b7-5-,12-11-,15-14-,22-19-,27-23-,28-24-/t38-,39+,40?,41?/m1/s1. The molecular formula is C44H72NO11P. The van der Waals surface area contributed by atoms with Crippen molar-refractivity contribution in [2.24, 2.45) is 5.73 Å². The van der Waals surface area contributed by atoms with Crippen LogP contribution in [0.25, 0.3) is 0 Å². The van der Waals surface area contributed by atoms with Gasteiger partial charge in [-0.2, -0.15) is 0 Å². The van der Waals surface area contributed by atoms with Gasteiger partial charge in [-0.3, -0.25) is 23.4 Å². The van der Waals surface area contributed by atoms with Crippen LogP contribution < -0.4 is 5.73 Å². The van der Waals surface area contributed by atoms with Gasteiger partial charge in [-0.15, -0.1) is 0 Å². The number of carbonyl (C=O) groups is 3. The number of phosphoric ester groups is 1. The first-order chi connectivity index (χ1) is 27.6. The van der Waals surface area contributed by atoms with Gasteiger partial charge in [0.15, 0.2) is 6.10 Å². The predicted molar refractivity (Wildman–Crippen MR) is 225 cm³/mol. The second-order valence-electron chi connectivity index (χ2n) is 14.1. The van der Waals surface area contributed by atoms with E-state index in [2.05, 4.69) is 79.1 Å². The number of phosphoric acid groups is 1. The summed E-state index contributed by atoms with van der Waals surface area (Å²) in [6, 6.07) is -1.54. The number of carbonyl (C=O) groups excluding carboxylic acids is 2. The van der Waals surface area contributed by atoms with Gasteiger partial charge < -0.3 is 29.9 Å². The zero-order chi connectivity index (χ0) is 41.8. The highest BCUT2D eigenvalue weighted by atomic mass is 31.2. The highest BCUT2D eigenvalue weighted by Crippen LogP contribution is 2.43. The molecule has 1 aliphatic rings. The van der Waals surface area contributed by atoms with Crippen molar-refractivity contribution in [2.45, 2.75) is 167 Å². The number of rotatable bonds is 37. The maximum absolute atomic E-state index is 12.6. The first-order valence-corrected chi connectivity index (χ1v) is 22.6. The van der Waals surface area contributed by atoms with Crippen molar-refractivity contribution in [1.29, 1.82) is 0 Å². The van der Waals surface area contributed by atoms with Crippen molar-refractivity contribution in [3.8, 4) is 0 Å². The Kier molecular flexibility index (Phi) is 31.8. The summed E-state index contributed by atoms with van der Waals surface area (Å²) in [7, 11) is -4.74. The van der Waals surface area contributed by atoms with E-state index in [1.807, 2.05) is 12.2 Å². The van der Waals surface area contributed by atoms with E-state index in [1.54, 1.807) is 0 Å². The van der Waals surface area contributed by atoms with Gasteiger partial charge in [0, 0.05) is 12.8 Å². The van der Waals surface area contributed by atoms with Crippen LogP contribution in [0.3, 0.4) is 0 Å². The van der Waals surface area contributed by atoms with Crippen molar-refractivity contribution < 1.29 is 52.2 Å². The molecule has 1 saturated heterocycles. The van der Waals surface area contributed by atoms with Gasteiger partial charge in [0.25, 0.3) is 0 Å². The largest absolute Gasteiger partial charge is 0.480 e. The maximum Gasteiger partial charge on any atom is 0.472 e. The molecule has 0 aromatic carbocycles. The molecule has 0 amide bonds. The molecular weight excluding hydrogens is 749 g/mol. The summed E-state index contributed by atoms with van der Waals surface area (Å²) < 4.78 is 38.3. The van der Waals surface area contributed by atoms with Crippen LogP contribution in [0.4, 0.5) is 0 Å². The topological polar surface area (TPSA) is 184 Å². The minimum absolute atomic E-state index is 0.123. The molecule has 57 heavy (non-hydrogen) atoms. The molecule has 0 aromatic rings. The van der Waals surface area contributed by atoms with Crippen molar-refractivity contribution in [2.75, 3.05) is 19.8 Å². The van der Waals surface area contributed by atoms with Crippen LogP contribution in [-0.4, -0.2) is 72.1 Å². The summed E-state index contributed by atoms with van der Waals surface area (Å²) in [5, 5.41) is 8.88. The van der Waals surface area contributed by atoms with Crippen LogP contribution in [0, 0.1) is 0 Å². The average molecular weight is 822 g/mol. The second-order valence-corrected chi connectivity index (χ2v) is 15.6. The Morgan fingerprint density at radius 2 is 1.16 bits per heavy atom. The van der Waals surface area contributed by atoms with Gasteiger partial charge >= 0.3 is 25.7 Å². The molecule has 1 heterocycles. The zero-order valence-electron chi connectivity index (χ0n) is 34.6. The Balaban J connectivity index is 2.35. The van der Waals surface area contributed by atoms with Crippen LogP contribution in [0.15, 0.2) is 72.9 Å².